The van der Waals surface area contributed by atoms with E-state index < -0.39 is 0 Å². The molecule has 0 bridgehead atoms. The van der Waals surface area contributed by atoms with Gasteiger partial charge in [0.15, 0.2) is 0 Å². The lowest BCUT2D eigenvalue weighted by atomic mass is 9.94. The van der Waals surface area contributed by atoms with Crippen LogP contribution in [0.4, 0.5) is 0 Å². The first-order chi connectivity index (χ1) is 10.3. The minimum atomic E-state index is 0.467. The predicted molar refractivity (Wildman–Crippen MR) is 90.7 cm³/mol. The molecule has 0 amide bonds. The zero-order valence-electron chi connectivity index (χ0n) is 12.8. The summed E-state index contributed by atoms with van der Waals surface area (Å²) in [5.74, 6) is 0.618. The maximum Gasteiger partial charge on any atom is 0.0479 e. The molecule has 0 saturated carbocycles. The number of hydrogen-bond donors (Lipinski definition) is 1. The van der Waals surface area contributed by atoms with Crippen LogP contribution in [0.15, 0.2) is 47.8 Å². The van der Waals surface area contributed by atoms with Gasteiger partial charge in [0.05, 0.1) is 0 Å². The monoisotopic (exact) mass is 300 g/mol. The number of piperazine rings is 1. The fourth-order valence-electron chi connectivity index (χ4n) is 3.37. The summed E-state index contributed by atoms with van der Waals surface area (Å²) in [5, 5.41) is 5.76. The van der Waals surface area contributed by atoms with Gasteiger partial charge in [-0.1, -0.05) is 50.2 Å². The van der Waals surface area contributed by atoms with Crippen molar-refractivity contribution in [2.45, 2.75) is 25.9 Å². The van der Waals surface area contributed by atoms with Crippen LogP contribution in [0, 0.1) is 5.92 Å². The van der Waals surface area contributed by atoms with Crippen LogP contribution in [0.2, 0.25) is 0 Å². The topological polar surface area (TPSA) is 15.3 Å². The number of benzene rings is 1. The van der Waals surface area contributed by atoms with Crippen molar-refractivity contribution in [2.75, 3.05) is 19.6 Å². The SMILES string of the molecule is CC(C)C(c1cccs1)N1CCNCC1c1ccccc1. The fraction of sp³-hybridized carbons (Fsp3) is 0.444. The minimum Gasteiger partial charge on any atom is -0.314 e. The Morgan fingerprint density at radius 2 is 1.95 bits per heavy atom. The normalized spacial score (nSPS) is 21.6. The molecule has 1 fully saturated rings. The molecule has 1 aliphatic rings. The first-order valence-corrected chi connectivity index (χ1v) is 8.70. The molecule has 2 heterocycles. The first kappa shape index (κ1) is 14.8. The highest BCUT2D eigenvalue weighted by molar-refractivity contribution is 7.10. The Hall–Kier alpha value is -1.16. The third kappa shape index (κ3) is 3.20. The largest absolute Gasteiger partial charge is 0.314 e. The van der Waals surface area contributed by atoms with Gasteiger partial charge in [0.25, 0.3) is 0 Å². The van der Waals surface area contributed by atoms with Gasteiger partial charge in [0.1, 0.15) is 0 Å². The molecule has 1 aromatic heterocycles. The molecule has 1 N–H and O–H groups in total. The van der Waals surface area contributed by atoms with Crippen molar-refractivity contribution >= 4 is 11.3 Å². The van der Waals surface area contributed by atoms with E-state index in [4.69, 9.17) is 0 Å². The number of nitrogens with one attached hydrogen (secondary N) is 1. The van der Waals surface area contributed by atoms with E-state index in [-0.39, 0.29) is 0 Å². The molecule has 2 aromatic rings. The van der Waals surface area contributed by atoms with Crippen molar-refractivity contribution in [2.24, 2.45) is 5.92 Å². The zero-order valence-corrected chi connectivity index (χ0v) is 13.6. The Labute approximate surface area is 131 Å². The van der Waals surface area contributed by atoms with Crippen LogP contribution < -0.4 is 5.32 Å². The van der Waals surface area contributed by atoms with Gasteiger partial charge in [0, 0.05) is 36.6 Å². The Balaban J connectivity index is 1.92. The quantitative estimate of drug-likeness (QED) is 0.915. The zero-order chi connectivity index (χ0) is 14.7. The summed E-state index contributed by atoms with van der Waals surface area (Å²) in [6.45, 7) is 7.92. The van der Waals surface area contributed by atoms with Crippen molar-refractivity contribution in [1.29, 1.82) is 0 Å². The summed E-state index contributed by atoms with van der Waals surface area (Å²) >= 11 is 1.89. The third-order valence-electron chi connectivity index (χ3n) is 4.29. The van der Waals surface area contributed by atoms with E-state index in [2.05, 4.69) is 71.9 Å². The summed E-state index contributed by atoms with van der Waals surface area (Å²) < 4.78 is 0. The molecule has 3 rings (SSSR count). The minimum absolute atomic E-state index is 0.467. The Kier molecular flexibility index (Phi) is 4.73. The lowest BCUT2D eigenvalue weighted by Crippen LogP contribution is -2.48. The van der Waals surface area contributed by atoms with Gasteiger partial charge in [-0.3, -0.25) is 4.90 Å². The van der Waals surface area contributed by atoms with Gasteiger partial charge >= 0.3 is 0 Å². The van der Waals surface area contributed by atoms with Gasteiger partial charge < -0.3 is 5.32 Å². The molecule has 0 radical (unpaired) electrons. The van der Waals surface area contributed by atoms with Crippen LogP contribution in [0.5, 0.6) is 0 Å². The molecule has 1 saturated heterocycles. The van der Waals surface area contributed by atoms with Gasteiger partial charge in [-0.2, -0.15) is 0 Å². The van der Waals surface area contributed by atoms with Gasteiger partial charge in [-0.05, 0) is 22.9 Å². The Morgan fingerprint density at radius 1 is 1.14 bits per heavy atom. The van der Waals surface area contributed by atoms with E-state index in [1.165, 1.54) is 10.4 Å². The summed E-state index contributed by atoms with van der Waals surface area (Å²) in [6, 6.07) is 16.4. The van der Waals surface area contributed by atoms with E-state index in [0.29, 0.717) is 18.0 Å². The van der Waals surface area contributed by atoms with Gasteiger partial charge in [-0.15, -0.1) is 11.3 Å². The Bertz CT molecular complexity index is 536. The molecule has 1 aliphatic heterocycles. The van der Waals surface area contributed by atoms with Crippen molar-refractivity contribution in [3.8, 4) is 0 Å². The molecular formula is C18H24N2S. The second kappa shape index (κ2) is 6.73. The van der Waals surface area contributed by atoms with E-state index in [9.17, 15) is 0 Å². The van der Waals surface area contributed by atoms with Crippen LogP contribution in [-0.4, -0.2) is 24.5 Å². The number of thiophene rings is 1. The molecular weight excluding hydrogens is 276 g/mol. The molecule has 112 valence electrons. The van der Waals surface area contributed by atoms with Crippen molar-refractivity contribution in [3.63, 3.8) is 0 Å². The molecule has 0 aliphatic carbocycles. The number of hydrogen-bond acceptors (Lipinski definition) is 3. The Morgan fingerprint density at radius 3 is 2.62 bits per heavy atom. The summed E-state index contributed by atoms with van der Waals surface area (Å²) in [6.07, 6.45) is 0. The number of nitrogens with zero attached hydrogens (tertiary/aromatic N) is 1. The van der Waals surface area contributed by atoms with E-state index in [0.717, 1.165) is 19.6 Å². The average Bonchev–Trinajstić information content (AvgIpc) is 3.02. The van der Waals surface area contributed by atoms with Crippen LogP contribution in [0.3, 0.4) is 0 Å². The van der Waals surface area contributed by atoms with E-state index in [1.807, 2.05) is 11.3 Å². The van der Waals surface area contributed by atoms with E-state index in [1.54, 1.807) is 0 Å². The summed E-state index contributed by atoms with van der Waals surface area (Å²) in [4.78, 5) is 4.19. The molecule has 2 unspecified atom stereocenters. The lowest BCUT2D eigenvalue weighted by molar-refractivity contribution is 0.0800. The molecule has 21 heavy (non-hydrogen) atoms. The van der Waals surface area contributed by atoms with Crippen LogP contribution in [-0.2, 0) is 0 Å². The lowest BCUT2D eigenvalue weighted by Gasteiger charge is -2.43. The van der Waals surface area contributed by atoms with E-state index >= 15 is 0 Å². The maximum atomic E-state index is 3.56. The highest BCUT2D eigenvalue weighted by atomic mass is 32.1. The van der Waals surface area contributed by atoms with Crippen LogP contribution in [0.25, 0.3) is 0 Å². The predicted octanol–water partition coefficient (Wildman–Crippen LogP) is 4.09. The maximum absolute atomic E-state index is 3.56. The fourth-order valence-corrected chi connectivity index (χ4v) is 4.39. The molecule has 2 atom stereocenters. The first-order valence-electron chi connectivity index (χ1n) is 7.82. The van der Waals surface area contributed by atoms with Crippen molar-refractivity contribution in [3.05, 3.63) is 58.3 Å². The molecule has 2 nitrogen and oxygen atoms in total. The number of rotatable bonds is 4. The molecule has 1 aromatic carbocycles. The van der Waals surface area contributed by atoms with Gasteiger partial charge in [0.2, 0.25) is 0 Å². The molecule has 0 spiro atoms. The van der Waals surface area contributed by atoms with Crippen molar-refractivity contribution in [1.82, 2.24) is 10.2 Å². The van der Waals surface area contributed by atoms with Crippen LogP contribution in [0.1, 0.15) is 36.4 Å². The average molecular weight is 300 g/mol. The van der Waals surface area contributed by atoms with Crippen LogP contribution >= 0.6 is 11.3 Å². The van der Waals surface area contributed by atoms with Gasteiger partial charge in [-0.25, -0.2) is 0 Å². The van der Waals surface area contributed by atoms with Crippen molar-refractivity contribution < 1.29 is 0 Å². The highest BCUT2D eigenvalue weighted by Crippen LogP contribution is 2.38. The standard InChI is InChI=1S/C18H24N2S/c1-14(2)18(17-9-6-12-21-17)20-11-10-19-13-16(20)15-7-4-3-5-8-15/h3-9,12,14,16,18-19H,10-11,13H2,1-2H3. The molecule has 3 heteroatoms. The third-order valence-corrected chi connectivity index (χ3v) is 5.24. The smallest absolute Gasteiger partial charge is 0.0479 e. The summed E-state index contributed by atoms with van der Waals surface area (Å²) in [7, 11) is 0. The second-order valence-electron chi connectivity index (χ2n) is 6.07. The summed E-state index contributed by atoms with van der Waals surface area (Å²) in [5.41, 5.74) is 1.42. The highest BCUT2D eigenvalue weighted by Gasteiger charge is 2.32. The second-order valence-corrected chi connectivity index (χ2v) is 7.05.